The Morgan fingerprint density at radius 3 is 2.46 bits per heavy atom. The second-order valence-corrected chi connectivity index (χ2v) is 2.32. The first kappa shape index (κ1) is 9.70. The lowest BCUT2D eigenvalue weighted by atomic mass is 10.2. The van der Waals surface area contributed by atoms with Crippen molar-refractivity contribution in [2.45, 2.75) is 6.43 Å². The van der Waals surface area contributed by atoms with Crippen LogP contribution in [0.2, 0.25) is 0 Å². The summed E-state index contributed by atoms with van der Waals surface area (Å²) in [6, 6.07) is 2.04. The van der Waals surface area contributed by atoms with Crippen LogP contribution in [0.5, 0.6) is 11.5 Å². The van der Waals surface area contributed by atoms with Gasteiger partial charge in [-0.25, -0.2) is 13.2 Å². The second kappa shape index (κ2) is 3.55. The molecule has 0 heterocycles. The number of methoxy groups -OCH3 is 1. The van der Waals surface area contributed by atoms with E-state index in [9.17, 15) is 13.2 Å². The van der Waals surface area contributed by atoms with Crippen molar-refractivity contribution >= 4 is 0 Å². The van der Waals surface area contributed by atoms with Gasteiger partial charge in [-0.2, -0.15) is 0 Å². The van der Waals surface area contributed by atoms with Crippen LogP contribution in [0.25, 0.3) is 0 Å². The predicted molar refractivity (Wildman–Crippen MR) is 39.6 cm³/mol. The fourth-order valence-electron chi connectivity index (χ4n) is 0.928. The van der Waals surface area contributed by atoms with Crippen LogP contribution in [0.1, 0.15) is 12.0 Å². The fourth-order valence-corrected chi connectivity index (χ4v) is 0.928. The molecule has 2 nitrogen and oxygen atoms in total. The molecule has 1 N–H and O–H groups in total. The van der Waals surface area contributed by atoms with Crippen molar-refractivity contribution in [3.05, 3.63) is 23.5 Å². The molecule has 0 bridgehead atoms. The third-order valence-electron chi connectivity index (χ3n) is 1.56. The third kappa shape index (κ3) is 1.68. The molecular weight excluding hydrogens is 185 g/mol. The number of phenols is 1. The molecular formula is C8H7F3O2. The van der Waals surface area contributed by atoms with Crippen LogP contribution in [-0.4, -0.2) is 12.2 Å². The van der Waals surface area contributed by atoms with Gasteiger partial charge in [0.05, 0.1) is 12.7 Å². The quantitative estimate of drug-likeness (QED) is 0.779. The summed E-state index contributed by atoms with van der Waals surface area (Å²) in [6.07, 6.45) is -3.06. The minimum Gasteiger partial charge on any atom is -0.507 e. The minimum atomic E-state index is -3.06. The summed E-state index contributed by atoms with van der Waals surface area (Å²) in [7, 11) is 1.16. The van der Waals surface area contributed by atoms with Gasteiger partial charge in [-0.15, -0.1) is 0 Å². The van der Waals surface area contributed by atoms with E-state index in [1.807, 2.05) is 0 Å². The van der Waals surface area contributed by atoms with Crippen LogP contribution in [0.4, 0.5) is 13.2 Å². The number of hydrogen-bond acceptors (Lipinski definition) is 2. The topological polar surface area (TPSA) is 29.5 Å². The van der Waals surface area contributed by atoms with E-state index in [0.29, 0.717) is 0 Å². The van der Waals surface area contributed by atoms with E-state index in [1.165, 1.54) is 0 Å². The normalized spacial score (nSPS) is 10.5. The Bertz CT molecular complexity index is 313. The van der Waals surface area contributed by atoms with Crippen LogP contribution < -0.4 is 4.74 Å². The van der Waals surface area contributed by atoms with Crippen molar-refractivity contribution in [2.24, 2.45) is 0 Å². The molecule has 0 atom stereocenters. The molecule has 0 aliphatic carbocycles. The summed E-state index contributed by atoms with van der Waals surface area (Å²) in [5.41, 5.74) is -1.03. The monoisotopic (exact) mass is 192 g/mol. The summed E-state index contributed by atoms with van der Waals surface area (Å²) in [4.78, 5) is 0. The summed E-state index contributed by atoms with van der Waals surface area (Å²) in [5, 5.41) is 8.91. The van der Waals surface area contributed by atoms with Crippen molar-refractivity contribution in [3.8, 4) is 11.5 Å². The van der Waals surface area contributed by atoms with Crippen LogP contribution in [-0.2, 0) is 0 Å². The Morgan fingerprint density at radius 1 is 1.38 bits per heavy atom. The molecule has 0 radical (unpaired) electrons. The zero-order valence-corrected chi connectivity index (χ0v) is 6.72. The van der Waals surface area contributed by atoms with E-state index in [2.05, 4.69) is 4.74 Å². The lowest BCUT2D eigenvalue weighted by Crippen LogP contribution is -1.95. The van der Waals surface area contributed by atoms with Crippen molar-refractivity contribution < 1.29 is 23.0 Å². The number of rotatable bonds is 2. The SMILES string of the molecule is COc1ccc(O)c(C(F)F)c1F. The third-order valence-corrected chi connectivity index (χ3v) is 1.56. The van der Waals surface area contributed by atoms with Crippen LogP contribution >= 0.6 is 0 Å². The molecule has 13 heavy (non-hydrogen) atoms. The summed E-state index contributed by atoms with van der Waals surface area (Å²) >= 11 is 0. The maximum absolute atomic E-state index is 13.0. The Labute approximate surface area is 72.6 Å². The van der Waals surface area contributed by atoms with E-state index in [0.717, 1.165) is 19.2 Å². The number of halogens is 3. The Hall–Kier alpha value is -1.39. The number of alkyl halides is 2. The molecule has 0 spiro atoms. The lowest BCUT2D eigenvalue weighted by molar-refractivity contribution is 0.141. The average molecular weight is 192 g/mol. The Kier molecular flexibility index (Phi) is 2.65. The fraction of sp³-hybridized carbons (Fsp3) is 0.250. The van der Waals surface area contributed by atoms with Crippen molar-refractivity contribution in [1.29, 1.82) is 0 Å². The van der Waals surface area contributed by atoms with Gasteiger partial charge < -0.3 is 9.84 Å². The van der Waals surface area contributed by atoms with E-state index in [4.69, 9.17) is 5.11 Å². The van der Waals surface area contributed by atoms with Gasteiger partial charge in [0.25, 0.3) is 6.43 Å². The maximum Gasteiger partial charge on any atom is 0.270 e. The van der Waals surface area contributed by atoms with Gasteiger partial charge in [0.15, 0.2) is 11.6 Å². The molecule has 0 amide bonds. The second-order valence-electron chi connectivity index (χ2n) is 2.32. The van der Waals surface area contributed by atoms with Crippen molar-refractivity contribution in [3.63, 3.8) is 0 Å². The van der Waals surface area contributed by atoms with Crippen molar-refractivity contribution in [2.75, 3.05) is 7.11 Å². The highest BCUT2D eigenvalue weighted by Crippen LogP contribution is 2.34. The summed E-state index contributed by atoms with van der Waals surface area (Å²) in [6.45, 7) is 0. The largest absolute Gasteiger partial charge is 0.507 e. The van der Waals surface area contributed by atoms with Gasteiger partial charge in [0, 0.05) is 0 Å². The molecule has 5 heteroatoms. The molecule has 0 fully saturated rings. The van der Waals surface area contributed by atoms with Gasteiger partial charge in [-0.1, -0.05) is 0 Å². The highest BCUT2D eigenvalue weighted by Gasteiger charge is 2.21. The van der Waals surface area contributed by atoms with Gasteiger partial charge in [-0.3, -0.25) is 0 Å². The highest BCUT2D eigenvalue weighted by atomic mass is 19.3. The van der Waals surface area contributed by atoms with Gasteiger partial charge in [0.1, 0.15) is 5.75 Å². The van der Waals surface area contributed by atoms with Crippen molar-refractivity contribution in [1.82, 2.24) is 0 Å². The number of ether oxygens (including phenoxy) is 1. The first-order chi connectivity index (χ1) is 6.07. The number of aromatic hydroxyl groups is 1. The molecule has 1 rings (SSSR count). The minimum absolute atomic E-state index is 0.312. The smallest absolute Gasteiger partial charge is 0.270 e. The molecule has 1 aromatic carbocycles. The Morgan fingerprint density at radius 2 is 2.00 bits per heavy atom. The summed E-state index contributed by atoms with van der Waals surface area (Å²) in [5.74, 6) is -2.31. The van der Waals surface area contributed by atoms with E-state index in [1.54, 1.807) is 0 Å². The van der Waals surface area contributed by atoms with Crippen LogP contribution in [0, 0.1) is 5.82 Å². The first-order valence-corrected chi connectivity index (χ1v) is 3.41. The van der Waals surface area contributed by atoms with E-state index >= 15 is 0 Å². The van der Waals surface area contributed by atoms with Gasteiger partial charge in [0.2, 0.25) is 0 Å². The molecule has 0 aliphatic rings. The van der Waals surface area contributed by atoms with E-state index < -0.39 is 23.6 Å². The maximum atomic E-state index is 13.0. The molecule has 1 aromatic rings. The summed E-state index contributed by atoms with van der Waals surface area (Å²) < 4.78 is 41.8. The first-order valence-electron chi connectivity index (χ1n) is 3.41. The van der Waals surface area contributed by atoms with E-state index in [-0.39, 0.29) is 5.75 Å². The zero-order valence-electron chi connectivity index (χ0n) is 6.72. The number of phenolic OH excluding ortho intramolecular Hbond substituents is 1. The Balaban J connectivity index is 3.30. The highest BCUT2D eigenvalue weighted by molar-refractivity contribution is 5.41. The molecule has 0 saturated heterocycles. The molecule has 72 valence electrons. The van der Waals surface area contributed by atoms with Crippen LogP contribution in [0.3, 0.4) is 0 Å². The number of benzene rings is 1. The number of hydrogen-bond donors (Lipinski definition) is 1. The lowest BCUT2D eigenvalue weighted by Gasteiger charge is -2.08. The molecule has 0 unspecified atom stereocenters. The standard InChI is InChI=1S/C8H7F3O2/c1-13-5-3-2-4(12)6(7(5)9)8(10)11/h2-3,8,12H,1H3. The van der Waals surface area contributed by atoms with Gasteiger partial charge >= 0.3 is 0 Å². The molecule has 0 aromatic heterocycles. The zero-order chi connectivity index (χ0) is 10.0. The average Bonchev–Trinajstić information content (AvgIpc) is 2.04. The van der Waals surface area contributed by atoms with Crippen LogP contribution in [0.15, 0.2) is 12.1 Å². The molecule has 0 saturated carbocycles. The predicted octanol–water partition coefficient (Wildman–Crippen LogP) is 2.48. The van der Waals surface area contributed by atoms with Gasteiger partial charge in [-0.05, 0) is 12.1 Å². The molecule has 0 aliphatic heterocycles.